The maximum absolute atomic E-state index is 8.78. The Morgan fingerprint density at radius 1 is 1.55 bits per heavy atom. The highest BCUT2D eigenvalue weighted by atomic mass is 16.4. The SMILES string of the molecule is CC(C)(C)C=NO.NC(=O)O. The predicted molar refractivity (Wildman–Crippen MR) is 41.9 cm³/mol. The van der Waals surface area contributed by atoms with Crippen molar-refractivity contribution in [3.05, 3.63) is 0 Å². The van der Waals surface area contributed by atoms with Crippen LogP contribution in [0.1, 0.15) is 20.8 Å². The highest BCUT2D eigenvalue weighted by Crippen LogP contribution is 2.07. The second-order valence-corrected chi connectivity index (χ2v) is 2.95. The minimum atomic E-state index is -1.33. The average Bonchev–Trinajstić information content (AvgIpc) is 1.58. The molecule has 0 unspecified atom stereocenters. The Balaban J connectivity index is 0. The Labute approximate surface area is 65.5 Å². The predicted octanol–water partition coefficient (Wildman–Crippen LogP) is 1.12. The van der Waals surface area contributed by atoms with Crippen LogP contribution in [0.4, 0.5) is 4.79 Å². The van der Waals surface area contributed by atoms with Gasteiger partial charge in [0.1, 0.15) is 0 Å². The van der Waals surface area contributed by atoms with E-state index in [9.17, 15) is 0 Å². The zero-order valence-electron chi connectivity index (χ0n) is 6.90. The van der Waals surface area contributed by atoms with Gasteiger partial charge >= 0.3 is 6.09 Å². The Bertz CT molecular complexity index is 133. The van der Waals surface area contributed by atoms with Crippen molar-refractivity contribution in [1.29, 1.82) is 0 Å². The summed E-state index contributed by atoms with van der Waals surface area (Å²) in [6.07, 6.45) is 0.160. The van der Waals surface area contributed by atoms with Crippen LogP contribution < -0.4 is 5.73 Å². The molecule has 11 heavy (non-hydrogen) atoms. The molecule has 66 valence electrons. The third kappa shape index (κ3) is 52.9. The third-order valence-corrected chi connectivity index (χ3v) is 0.445. The summed E-state index contributed by atoms with van der Waals surface area (Å²) in [5.41, 5.74) is 4.04. The fourth-order valence-corrected chi connectivity index (χ4v) is 0.173. The van der Waals surface area contributed by atoms with Gasteiger partial charge in [-0.2, -0.15) is 0 Å². The highest BCUT2D eigenvalue weighted by molar-refractivity contribution is 5.62. The van der Waals surface area contributed by atoms with Crippen molar-refractivity contribution in [3.8, 4) is 0 Å². The lowest BCUT2D eigenvalue weighted by Gasteiger charge is -2.06. The first-order chi connectivity index (χ1) is 4.79. The zero-order valence-corrected chi connectivity index (χ0v) is 6.90. The molecule has 0 saturated carbocycles. The summed E-state index contributed by atoms with van der Waals surface area (Å²) in [7, 11) is 0. The van der Waals surface area contributed by atoms with Crippen molar-refractivity contribution in [1.82, 2.24) is 0 Å². The first-order valence-corrected chi connectivity index (χ1v) is 2.96. The lowest BCUT2D eigenvalue weighted by atomic mass is 10.00. The van der Waals surface area contributed by atoms with Gasteiger partial charge in [-0.1, -0.05) is 20.8 Å². The number of amides is 1. The summed E-state index contributed by atoms with van der Waals surface area (Å²) in [5.74, 6) is 0. The normalized spacial score (nSPS) is 10.5. The van der Waals surface area contributed by atoms with Gasteiger partial charge in [0.25, 0.3) is 0 Å². The molecule has 4 N–H and O–H groups in total. The van der Waals surface area contributed by atoms with E-state index in [2.05, 4.69) is 10.9 Å². The molecule has 0 saturated heterocycles. The number of carboxylic acid groups (broad SMARTS) is 1. The second kappa shape index (κ2) is 5.52. The molecule has 0 bridgehead atoms. The van der Waals surface area contributed by atoms with Crippen molar-refractivity contribution in [3.63, 3.8) is 0 Å². The summed E-state index contributed by atoms with van der Waals surface area (Å²) in [5, 5.41) is 18.0. The largest absolute Gasteiger partial charge is 0.465 e. The van der Waals surface area contributed by atoms with E-state index in [1.165, 1.54) is 6.21 Å². The molecule has 0 aliphatic heterocycles. The summed E-state index contributed by atoms with van der Waals surface area (Å²) in [6, 6.07) is 0. The first-order valence-electron chi connectivity index (χ1n) is 2.96. The van der Waals surface area contributed by atoms with E-state index in [-0.39, 0.29) is 5.41 Å². The van der Waals surface area contributed by atoms with Crippen LogP contribution in [0.5, 0.6) is 0 Å². The van der Waals surface area contributed by atoms with E-state index in [0.29, 0.717) is 0 Å². The number of primary amides is 1. The van der Waals surface area contributed by atoms with Gasteiger partial charge in [-0.05, 0) is 0 Å². The maximum atomic E-state index is 8.78. The fraction of sp³-hybridized carbons (Fsp3) is 0.667. The monoisotopic (exact) mass is 162 g/mol. The van der Waals surface area contributed by atoms with E-state index in [1.807, 2.05) is 20.8 Å². The summed E-state index contributed by atoms with van der Waals surface area (Å²) in [4.78, 5) is 8.78. The van der Waals surface area contributed by atoms with Gasteiger partial charge in [0, 0.05) is 11.6 Å². The molecular formula is C6H14N2O3. The Morgan fingerprint density at radius 2 is 1.82 bits per heavy atom. The Hall–Kier alpha value is -1.26. The molecule has 0 spiro atoms. The van der Waals surface area contributed by atoms with Crippen LogP contribution in [0.3, 0.4) is 0 Å². The number of nitrogens with zero attached hydrogens (tertiary/aromatic N) is 1. The van der Waals surface area contributed by atoms with Crippen molar-refractivity contribution in [2.45, 2.75) is 20.8 Å². The van der Waals surface area contributed by atoms with Crippen LogP contribution in [0.25, 0.3) is 0 Å². The number of rotatable bonds is 0. The Kier molecular flexibility index (Phi) is 6.23. The number of carbonyl (C=O) groups is 1. The molecule has 0 atom stereocenters. The lowest BCUT2D eigenvalue weighted by molar-refractivity contribution is 0.205. The van der Waals surface area contributed by atoms with Crippen LogP contribution >= 0.6 is 0 Å². The average molecular weight is 162 g/mol. The van der Waals surface area contributed by atoms with Gasteiger partial charge in [0.15, 0.2) is 0 Å². The molecular weight excluding hydrogens is 148 g/mol. The molecule has 0 fully saturated rings. The van der Waals surface area contributed by atoms with E-state index in [0.717, 1.165) is 0 Å². The molecule has 0 aromatic rings. The molecule has 0 aromatic heterocycles. The van der Waals surface area contributed by atoms with Gasteiger partial charge in [0.2, 0.25) is 0 Å². The van der Waals surface area contributed by atoms with Gasteiger partial charge in [0.05, 0.1) is 0 Å². The van der Waals surface area contributed by atoms with Crippen LogP contribution in [0, 0.1) is 5.41 Å². The van der Waals surface area contributed by atoms with Crippen LogP contribution in [-0.4, -0.2) is 22.6 Å². The highest BCUT2D eigenvalue weighted by Gasteiger charge is 2.03. The van der Waals surface area contributed by atoms with E-state index < -0.39 is 6.09 Å². The summed E-state index contributed by atoms with van der Waals surface area (Å²) in [6.45, 7) is 5.90. The van der Waals surface area contributed by atoms with Crippen molar-refractivity contribution >= 4 is 12.3 Å². The van der Waals surface area contributed by atoms with Gasteiger partial charge in [-0.25, -0.2) is 4.79 Å². The number of nitrogens with two attached hydrogens (primary N) is 1. The quantitative estimate of drug-likeness (QED) is 0.283. The summed E-state index contributed by atoms with van der Waals surface area (Å²) >= 11 is 0. The molecule has 0 heterocycles. The smallest absolute Gasteiger partial charge is 0.402 e. The maximum Gasteiger partial charge on any atom is 0.402 e. The molecule has 0 aliphatic carbocycles. The molecule has 1 amide bonds. The van der Waals surface area contributed by atoms with Gasteiger partial charge in [-0.3, -0.25) is 0 Å². The number of oxime groups is 1. The Morgan fingerprint density at radius 3 is 1.82 bits per heavy atom. The number of hydrogen-bond donors (Lipinski definition) is 3. The van der Waals surface area contributed by atoms with Gasteiger partial charge < -0.3 is 16.0 Å². The van der Waals surface area contributed by atoms with Crippen molar-refractivity contribution < 1.29 is 15.1 Å². The van der Waals surface area contributed by atoms with Crippen LogP contribution in [0.2, 0.25) is 0 Å². The van der Waals surface area contributed by atoms with Crippen molar-refractivity contribution in [2.75, 3.05) is 0 Å². The number of hydrogen-bond acceptors (Lipinski definition) is 3. The van der Waals surface area contributed by atoms with Crippen molar-refractivity contribution in [2.24, 2.45) is 16.3 Å². The first kappa shape index (κ1) is 12.4. The van der Waals surface area contributed by atoms with E-state index in [4.69, 9.17) is 15.1 Å². The second-order valence-electron chi connectivity index (χ2n) is 2.95. The molecule has 0 rings (SSSR count). The molecule has 0 radical (unpaired) electrons. The zero-order chi connectivity index (χ0) is 9.49. The van der Waals surface area contributed by atoms with Crippen LogP contribution in [-0.2, 0) is 0 Å². The van der Waals surface area contributed by atoms with Gasteiger partial charge in [-0.15, -0.1) is 5.16 Å². The van der Waals surface area contributed by atoms with Crippen LogP contribution in [0.15, 0.2) is 5.16 Å². The standard InChI is InChI=1S/C5H11NO.CH3NO2/c1-5(2,3)4-6-7;2-1(3)4/h4,7H,1-3H3;2H2,(H,3,4). The minimum Gasteiger partial charge on any atom is -0.465 e. The molecule has 5 heteroatoms. The molecule has 0 aromatic carbocycles. The lowest BCUT2D eigenvalue weighted by Crippen LogP contribution is -2.05. The van der Waals surface area contributed by atoms with E-state index in [1.54, 1.807) is 0 Å². The minimum absolute atomic E-state index is 0.00868. The third-order valence-electron chi connectivity index (χ3n) is 0.445. The molecule has 0 aliphatic rings. The molecule has 5 nitrogen and oxygen atoms in total. The summed E-state index contributed by atoms with van der Waals surface area (Å²) < 4.78 is 0. The topological polar surface area (TPSA) is 95.9 Å². The fourth-order valence-electron chi connectivity index (χ4n) is 0.173. The van der Waals surface area contributed by atoms with E-state index >= 15 is 0 Å².